The predicted octanol–water partition coefficient (Wildman–Crippen LogP) is 5.20. The Morgan fingerprint density at radius 1 is 0.857 bits per heavy atom. The molecule has 0 saturated carbocycles. The van der Waals surface area contributed by atoms with E-state index in [1.165, 1.54) is 0 Å². The molecule has 2 aromatic carbocycles. The zero-order valence-electron chi connectivity index (χ0n) is 11.1. The van der Waals surface area contributed by atoms with Gasteiger partial charge >= 0.3 is 0 Å². The Labute approximate surface area is 121 Å². The maximum absolute atomic E-state index is 7.27. The number of nitrogens with zero attached hydrogens (tertiary/aromatic N) is 2. The lowest BCUT2D eigenvalue weighted by molar-refractivity contribution is 0.671. The molecule has 3 heteroatoms. The normalized spacial score (nSPS) is 10.8. The summed E-state index contributed by atoms with van der Waals surface area (Å²) in [6.07, 6.45) is 1.77. The van der Waals surface area contributed by atoms with Gasteiger partial charge in [0.1, 0.15) is 11.2 Å². The zero-order valence-corrected chi connectivity index (χ0v) is 11.1. The van der Waals surface area contributed by atoms with E-state index < -0.39 is 0 Å². The van der Waals surface area contributed by atoms with Gasteiger partial charge < -0.3 is 4.42 Å². The van der Waals surface area contributed by atoms with Crippen LogP contribution in [-0.2, 0) is 0 Å². The first-order valence-corrected chi connectivity index (χ1v) is 6.61. The van der Waals surface area contributed by atoms with Gasteiger partial charge in [-0.1, -0.05) is 36.4 Å². The second-order valence-corrected chi connectivity index (χ2v) is 4.76. The van der Waals surface area contributed by atoms with Gasteiger partial charge in [0.25, 0.3) is 0 Å². The van der Waals surface area contributed by atoms with Gasteiger partial charge in [-0.05, 0) is 18.2 Å². The van der Waals surface area contributed by atoms with Crippen LogP contribution in [0.5, 0.6) is 0 Å². The van der Waals surface area contributed by atoms with Crippen LogP contribution in [0, 0.1) is 6.57 Å². The van der Waals surface area contributed by atoms with E-state index in [9.17, 15) is 0 Å². The number of furan rings is 1. The van der Waals surface area contributed by atoms with E-state index in [1.54, 1.807) is 12.3 Å². The molecule has 0 spiro atoms. The predicted molar refractivity (Wildman–Crippen MR) is 83.2 cm³/mol. The summed E-state index contributed by atoms with van der Waals surface area (Å²) < 4.78 is 6.01. The zero-order chi connectivity index (χ0) is 14.2. The molecule has 0 radical (unpaired) electrons. The topological polar surface area (TPSA) is 30.4 Å². The third-order valence-electron chi connectivity index (χ3n) is 3.56. The van der Waals surface area contributed by atoms with Crippen molar-refractivity contribution in [3.8, 4) is 11.3 Å². The molecule has 0 bridgehead atoms. The Kier molecular flexibility index (Phi) is 2.48. The van der Waals surface area contributed by atoms with Crippen molar-refractivity contribution < 1.29 is 4.42 Å². The molecule has 0 aliphatic rings. The second kappa shape index (κ2) is 4.46. The summed E-state index contributed by atoms with van der Waals surface area (Å²) in [6.45, 7) is 7.27. The van der Waals surface area contributed by atoms with E-state index in [0.29, 0.717) is 11.3 Å². The Bertz CT molecular complexity index is 994. The smallest absolute Gasteiger partial charge is 0.229 e. The van der Waals surface area contributed by atoms with Crippen molar-refractivity contribution in [2.45, 2.75) is 0 Å². The van der Waals surface area contributed by atoms with Crippen LogP contribution in [0.2, 0.25) is 0 Å². The minimum absolute atomic E-state index is 0.538. The molecular weight excluding hydrogens is 260 g/mol. The van der Waals surface area contributed by atoms with Gasteiger partial charge in [0.05, 0.1) is 12.3 Å². The Morgan fingerprint density at radius 2 is 1.67 bits per heavy atom. The van der Waals surface area contributed by atoms with E-state index in [1.807, 2.05) is 48.5 Å². The summed E-state index contributed by atoms with van der Waals surface area (Å²) in [4.78, 5) is 7.93. The fourth-order valence-electron chi connectivity index (χ4n) is 2.62. The molecule has 0 saturated heterocycles. The van der Waals surface area contributed by atoms with Crippen LogP contribution in [-0.4, -0.2) is 4.98 Å². The summed E-state index contributed by atoms with van der Waals surface area (Å²) in [5.41, 5.74) is 3.77. The summed E-state index contributed by atoms with van der Waals surface area (Å²) in [5, 5.41) is 1.98. The van der Waals surface area contributed by atoms with E-state index in [-0.39, 0.29) is 0 Å². The standard InChI is InChI=1S/C18H10N2O/c1-19-16-10-5-7-13-12-6-4-8-14(17(12)21-18(13)16)15-9-2-3-11-20-15/h2-11H. The number of hydrogen-bond donors (Lipinski definition) is 0. The molecule has 0 N–H and O–H groups in total. The van der Waals surface area contributed by atoms with Crippen LogP contribution in [0.4, 0.5) is 5.69 Å². The number of para-hydroxylation sites is 2. The summed E-state index contributed by atoms with van der Waals surface area (Å²) in [6, 6.07) is 17.4. The van der Waals surface area contributed by atoms with Crippen LogP contribution >= 0.6 is 0 Å². The maximum Gasteiger partial charge on any atom is 0.229 e. The third-order valence-corrected chi connectivity index (χ3v) is 3.56. The highest BCUT2D eigenvalue weighted by Gasteiger charge is 2.14. The maximum atomic E-state index is 7.27. The quantitative estimate of drug-likeness (QED) is 0.445. The highest BCUT2D eigenvalue weighted by molar-refractivity contribution is 6.12. The highest BCUT2D eigenvalue weighted by Crippen LogP contribution is 2.38. The summed E-state index contributed by atoms with van der Waals surface area (Å²) >= 11 is 0. The average molecular weight is 270 g/mol. The summed E-state index contributed by atoms with van der Waals surface area (Å²) in [5.74, 6) is 0. The van der Waals surface area contributed by atoms with Crippen LogP contribution in [0.3, 0.4) is 0 Å². The SMILES string of the molecule is [C-]#[N+]c1cccc2c1oc1c(-c3ccccn3)cccc12. The monoisotopic (exact) mass is 270 g/mol. The third kappa shape index (κ3) is 1.70. The van der Waals surface area contributed by atoms with E-state index in [2.05, 4.69) is 9.83 Å². The molecule has 4 aromatic rings. The van der Waals surface area contributed by atoms with Crippen molar-refractivity contribution in [2.75, 3.05) is 0 Å². The molecule has 2 heterocycles. The van der Waals surface area contributed by atoms with Crippen molar-refractivity contribution >= 4 is 27.6 Å². The molecule has 3 nitrogen and oxygen atoms in total. The lowest BCUT2D eigenvalue weighted by Crippen LogP contribution is -1.81. The van der Waals surface area contributed by atoms with E-state index in [4.69, 9.17) is 11.0 Å². The van der Waals surface area contributed by atoms with Crippen LogP contribution in [0.1, 0.15) is 0 Å². The van der Waals surface area contributed by atoms with Crippen molar-refractivity contribution in [3.63, 3.8) is 0 Å². The Morgan fingerprint density at radius 3 is 2.43 bits per heavy atom. The lowest BCUT2D eigenvalue weighted by Gasteiger charge is -2.00. The van der Waals surface area contributed by atoms with E-state index in [0.717, 1.165) is 27.6 Å². The molecule has 4 rings (SSSR count). The minimum Gasteiger partial charge on any atom is -0.466 e. The molecule has 0 aliphatic heterocycles. The van der Waals surface area contributed by atoms with Gasteiger partial charge in [-0.3, -0.25) is 4.98 Å². The number of hydrogen-bond acceptors (Lipinski definition) is 2. The average Bonchev–Trinajstić information content (AvgIpc) is 2.94. The molecule has 0 amide bonds. The van der Waals surface area contributed by atoms with Gasteiger partial charge in [-0.2, -0.15) is 0 Å². The second-order valence-electron chi connectivity index (χ2n) is 4.76. The first-order valence-electron chi connectivity index (χ1n) is 6.61. The number of aromatic nitrogens is 1. The fourth-order valence-corrected chi connectivity index (χ4v) is 2.62. The van der Waals surface area contributed by atoms with Crippen LogP contribution in [0.15, 0.2) is 65.2 Å². The minimum atomic E-state index is 0.538. The van der Waals surface area contributed by atoms with Gasteiger partial charge in [0.2, 0.25) is 5.69 Å². The van der Waals surface area contributed by atoms with Crippen LogP contribution in [0.25, 0.3) is 38.0 Å². The number of rotatable bonds is 1. The molecule has 0 atom stereocenters. The largest absolute Gasteiger partial charge is 0.466 e. The lowest BCUT2D eigenvalue weighted by atomic mass is 10.1. The van der Waals surface area contributed by atoms with Crippen molar-refractivity contribution in [2.24, 2.45) is 0 Å². The van der Waals surface area contributed by atoms with Gasteiger partial charge in [0.15, 0.2) is 0 Å². The fraction of sp³-hybridized carbons (Fsp3) is 0. The molecule has 0 fully saturated rings. The first-order chi connectivity index (χ1) is 10.4. The van der Waals surface area contributed by atoms with E-state index >= 15 is 0 Å². The molecule has 21 heavy (non-hydrogen) atoms. The first kappa shape index (κ1) is 11.7. The van der Waals surface area contributed by atoms with Crippen molar-refractivity contribution in [1.29, 1.82) is 0 Å². The molecule has 0 aliphatic carbocycles. The van der Waals surface area contributed by atoms with Crippen molar-refractivity contribution in [3.05, 3.63) is 72.2 Å². The molecular formula is C18H10N2O. The Hall–Kier alpha value is -3.12. The van der Waals surface area contributed by atoms with Crippen LogP contribution < -0.4 is 0 Å². The molecule has 0 unspecified atom stereocenters. The highest BCUT2D eigenvalue weighted by atomic mass is 16.3. The van der Waals surface area contributed by atoms with Gasteiger partial charge in [0, 0.05) is 22.5 Å². The summed E-state index contributed by atoms with van der Waals surface area (Å²) in [7, 11) is 0. The van der Waals surface area contributed by atoms with Crippen molar-refractivity contribution in [1.82, 2.24) is 4.98 Å². The number of pyridine rings is 1. The van der Waals surface area contributed by atoms with Gasteiger partial charge in [-0.15, -0.1) is 0 Å². The van der Waals surface area contributed by atoms with Gasteiger partial charge in [-0.25, -0.2) is 4.85 Å². The molecule has 2 aromatic heterocycles. The Balaban J connectivity index is 2.14. The number of fused-ring (bicyclic) bond motifs is 3. The molecule has 98 valence electrons. The number of benzene rings is 2.